The molecule has 0 aliphatic carbocycles. The first-order valence-electron chi connectivity index (χ1n) is 11.3. The molecule has 1 unspecified atom stereocenters. The molecule has 0 radical (unpaired) electrons. The van der Waals surface area contributed by atoms with Crippen molar-refractivity contribution in [3.63, 3.8) is 0 Å². The molecule has 1 N–H and O–H groups in total. The number of amides is 1. The van der Waals surface area contributed by atoms with Gasteiger partial charge in [0.2, 0.25) is 5.91 Å². The molecule has 2 aromatic heterocycles. The molecule has 1 amide bonds. The van der Waals surface area contributed by atoms with Crippen molar-refractivity contribution in [2.24, 2.45) is 0 Å². The van der Waals surface area contributed by atoms with Crippen LogP contribution in [0.2, 0.25) is 0 Å². The summed E-state index contributed by atoms with van der Waals surface area (Å²) in [4.78, 5) is 16.9. The van der Waals surface area contributed by atoms with E-state index in [0.29, 0.717) is 24.1 Å². The maximum atomic E-state index is 12.8. The van der Waals surface area contributed by atoms with E-state index < -0.39 is 0 Å². The number of nitrogens with one attached hydrogen (secondary N) is 1. The van der Waals surface area contributed by atoms with Crippen LogP contribution in [0.4, 0.5) is 0 Å². The van der Waals surface area contributed by atoms with Crippen molar-refractivity contribution in [3.05, 3.63) is 78.6 Å². The van der Waals surface area contributed by atoms with Crippen molar-refractivity contribution in [2.75, 3.05) is 13.7 Å². The number of hydrogen-bond acceptors (Lipinski definition) is 7. The first-order chi connectivity index (χ1) is 17.1. The lowest BCUT2D eigenvalue weighted by atomic mass is 10.2. The van der Waals surface area contributed by atoms with E-state index >= 15 is 0 Å². The number of methoxy groups -OCH3 is 1. The number of nitrogens with zero attached hydrogens (tertiary/aromatic N) is 4. The Bertz CT molecular complexity index is 1240. The zero-order valence-electron chi connectivity index (χ0n) is 19.8. The van der Waals surface area contributed by atoms with E-state index in [4.69, 9.17) is 9.47 Å². The molecule has 4 aromatic rings. The monoisotopic (exact) mass is 489 g/mol. The standard InChI is InChI=1S/C26H27N5O3S/c1-4-34-23-11-7-21(8-12-23)31-24(20-13-15-27-16-14-20)29-30-26(31)35-18(2)25(32)28-17-19-5-9-22(33-3)10-6-19/h5-16,18H,4,17H2,1-3H3,(H,28,32). The minimum Gasteiger partial charge on any atom is -0.497 e. The molecule has 0 fully saturated rings. The lowest BCUT2D eigenvalue weighted by molar-refractivity contribution is -0.120. The number of pyridine rings is 1. The maximum absolute atomic E-state index is 12.8. The van der Waals surface area contributed by atoms with E-state index in [1.165, 1.54) is 11.8 Å². The van der Waals surface area contributed by atoms with Crippen LogP contribution in [0.3, 0.4) is 0 Å². The van der Waals surface area contributed by atoms with Crippen LogP contribution in [0.15, 0.2) is 78.2 Å². The number of ether oxygens (including phenoxy) is 2. The average molecular weight is 490 g/mol. The van der Waals surface area contributed by atoms with Gasteiger partial charge in [-0.25, -0.2) is 0 Å². The summed E-state index contributed by atoms with van der Waals surface area (Å²) in [6, 6.07) is 19.1. The Hall–Kier alpha value is -3.85. The molecule has 180 valence electrons. The van der Waals surface area contributed by atoms with Crippen molar-refractivity contribution in [3.8, 4) is 28.6 Å². The van der Waals surface area contributed by atoms with Crippen LogP contribution < -0.4 is 14.8 Å². The Balaban J connectivity index is 1.54. The lowest BCUT2D eigenvalue weighted by Crippen LogP contribution is -2.30. The molecule has 0 saturated heterocycles. The molecule has 8 nitrogen and oxygen atoms in total. The third-order valence-corrected chi connectivity index (χ3v) is 6.30. The highest BCUT2D eigenvalue weighted by atomic mass is 32.2. The van der Waals surface area contributed by atoms with Gasteiger partial charge in [0, 0.05) is 30.2 Å². The molecule has 4 rings (SSSR count). The van der Waals surface area contributed by atoms with E-state index in [9.17, 15) is 4.79 Å². The van der Waals surface area contributed by atoms with Crippen molar-refractivity contribution >= 4 is 17.7 Å². The summed E-state index contributed by atoms with van der Waals surface area (Å²) in [6.07, 6.45) is 3.43. The summed E-state index contributed by atoms with van der Waals surface area (Å²) in [5.41, 5.74) is 2.75. The van der Waals surface area contributed by atoms with E-state index in [1.54, 1.807) is 19.5 Å². The quantitative estimate of drug-likeness (QED) is 0.327. The zero-order chi connectivity index (χ0) is 24.6. The Morgan fingerprint density at radius 1 is 1.00 bits per heavy atom. The molecule has 0 aliphatic rings. The summed E-state index contributed by atoms with van der Waals surface area (Å²) in [7, 11) is 1.63. The number of benzene rings is 2. The van der Waals surface area contributed by atoms with Crippen LogP contribution in [-0.4, -0.2) is 44.6 Å². The second-order valence-corrected chi connectivity index (χ2v) is 8.94. The summed E-state index contributed by atoms with van der Waals surface area (Å²) >= 11 is 1.35. The summed E-state index contributed by atoms with van der Waals surface area (Å²) < 4.78 is 12.7. The molecule has 0 saturated carbocycles. The number of carbonyl (C=O) groups is 1. The summed E-state index contributed by atoms with van der Waals surface area (Å²) in [5.74, 6) is 2.15. The molecule has 0 aliphatic heterocycles. The zero-order valence-corrected chi connectivity index (χ0v) is 20.7. The molecular formula is C26H27N5O3S. The average Bonchev–Trinajstić information content (AvgIpc) is 3.32. The number of thioether (sulfide) groups is 1. The fourth-order valence-electron chi connectivity index (χ4n) is 3.41. The minimum absolute atomic E-state index is 0.0856. The first-order valence-corrected chi connectivity index (χ1v) is 12.1. The largest absolute Gasteiger partial charge is 0.497 e. The van der Waals surface area contributed by atoms with Gasteiger partial charge in [0.05, 0.1) is 19.0 Å². The van der Waals surface area contributed by atoms with Gasteiger partial charge in [-0.05, 0) is 67.9 Å². The Morgan fingerprint density at radius 3 is 2.34 bits per heavy atom. The third-order valence-electron chi connectivity index (χ3n) is 5.26. The number of aromatic nitrogens is 4. The van der Waals surface area contributed by atoms with Gasteiger partial charge in [0.25, 0.3) is 0 Å². The number of hydrogen-bond donors (Lipinski definition) is 1. The molecule has 2 heterocycles. The Kier molecular flexibility index (Phi) is 7.99. The van der Waals surface area contributed by atoms with Gasteiger partial charge >= 0.3 is 0 Å². The second-order valence-electron chi connectivity index (χ2n) is 7.63. The van der Waals surface area contributed by atoms with Crippen LogP contribution in [0.1, 0.15) is 19.4 Å². The van der Waals surface area contributed by atoms with Crippen molar-refractivity contribution in [2.45, 2.75) is 30.8 Å². The normalized spacial score (nSPS) is 11.6. The fraction of sp³-hybridized carbons (Fsp3) is 0.231. The van der Waals surface area contributed by atoms with E-state index in [-0.39, 0.29) is 11.2 Å². The van der Waals surface area contributed by atoms with Crippen molar-refractivity contribution in [1.29, 1.82) is 0 Å². The summed E-state index contributed by atoms with van der Waals surface area (Å²) in [5, 5.41) is 12.1. The summed E-state index contributed by atoms with van der Waals surface area (Å²) in [6.45, 7) is 4.84. The maximum Gasteiger partial charge on any atom is 0.233 e. The highest BCUT2D eigenvalue weighted by molar-refractivity contribution is 8.00. The predicted molar refractivity (Wildman–Crippen MR) is 136 cm³/mol. The van der Waals surface area contributed by atoms with E-state index in [1.807, 2.05) is 79.1 Å². The van der Waals surface area contributed by atoms with Crippen LogP contribution in [0.25, 0.3) is 17.1 Å². The second kappa shape index (κ2) is 11.5. The molecular weight excluding hydrogens is 462 g/mol. The highest BCUT2D eigenvalue weighted by Gasteiger charge is 2.22. The molecule has 35 heavy (non-hydrogen) atoms. The van der Waals surface area contributed by atoms with Gasteiger partial charge in [-0.15, -0.1) is 10.2 Å². The van der Waals surface area contributed by atoms with Gasteiger partial charge in [-0.2, -0.15) is 0 Å². The minimum atomic E-state index is -0.385. The highest BCUT2D eigenvalue weighted by Crippen LogP contribution is 2.30. The fourth-order valence-corrected chi connectivity index (χ4v) is 4.30. The molecule has 1 atom stereocenters. The van der Waals surface area contributed by atoms with Gasteiger partial charge in [-0.3, -0.25) is 14.3 Å². The molecule has 0 bridgehead atoms. The SMILES string of the molecule is CCOc1ccc(-n2c(SC(C)C(=O)NCc3ccc(OC)cc3)nnc2-c2ccncc2)cc1. The topological polar surface area (TPSA) is 91.2 Å². The number of carbonyl (C=O) groups excluding carboxylic acids is 1. The van der Waals surface area contributed by atoms with Crippen LogP contribution in [0.5, 0.6) is 11.5 Å². The third kappa shape index (κ3) is 5.99. The smallest absolute Gasteiger partial charge is 0.233 e. The van der Waals surface area contributed by atoms with Crippen LogP contribution in [-0.2, 0) is 11.3 Å². The van der Waals surface area contributed by atoms with Gasteiger partial charge in [-0.1, -0.05) is 23.9 Å². The predicted octanol–water partition coefficient (Wildman–Crippen LogP) is 4.53. The van der Waals surface area contributed by atoms with Gasteiger partial charge in [0.15, 0.2) is 11.0 Å². The first kappa shape index (κ1) is 24.3. The van der Waals surface area contributed by atoms with E-state index in [2.05, 4.69) is 20.5 Å². The Labute approximate surface area is 208 Å². The molecule has 0 spiro atoms. The molecule has 2 aromatic carbocycles. The number of rotatable bonds is 10. The molecule has 9 heteroatoms. The van der Waals surface area contributed by atoms with Gasteiger partial charge in [0.1, 0.15) is 11.5 Å². The van der Waals surface area contributed by atoms with Crippen molar-refractivity contribution in [1.82, 2.24) is 25.1 Å². The van der Waals surface area contributed by atoms with Crippen molar-refractivity contribution < 1.29 is 14.3 Å². The van der Waals surface area contributed by atoms with E-state index in [0.717, 1.165) is 28.3 Å². The van der Waals surface area contributed by atoms with Gasteiger partial charge < -0.3 is 14.8 Å². The lowest BCUT2D eigenvalue weighted by Gasteiger charge is -2.14. The van der Waals surface area contributed by atoms with Crippen LogP contribution >= 0.6 is 11.8 Å². The van der Waals surface area contributed by atoms with Crippen LogP contribution in [0, 0.1) is 0 Å². The Morgan fingerprint density at radius 2 is 1.69 bits per heavy atom.